The minimum absolute atomic E-state index is 0.457. The van der Waals surface area contributed by atoms with Gasteiger partial charge in [0.2, 0.25) is 0 Å². The smallest absolute Gasteiger partial charge is 0.119 e. The van der Waals surface area contributed by atoms with Crippen LogP contribution in [0, 0.1) is 0 Å². The first-order valence-electron chi connectivity index (χ1n) is 4.80. The lowest BCUT2D eigenvalue weighted by atomic mass is 9.75. The van der Waals surface area contributed by atoms with Gasteiger partial charge in [-0.05, 0) is 12.2 Å². The number of hydrogen-bond acceptors (Lipinski definition) is 2. The van der Waals surface area contributed by atoms with Crippen LogP contribution in [-0.2, 0) is 0 Å². The Bertz CT molecular complexity index is 304. The van der Waals surface area contributed by atoms with Gasteiger partial charge < -0.3 is 10.2 Å². The molecule has 0 bridgehead atoms. The van der Waals surface area contributed by atoms with Gasteiger partial charge in [-0.2, -0.15) is 0 Å². The molecule has 0 radical (unpaired) electrons. The molecule has 0 fully saturated rings. The Labute approximate surface area is 83.6 Å². The number of hydrogen-bond donors (Lipinski definition) is 2. The van der Waals surface area contributed by atoms with Crippen LogP contribution in [0.1, 0.15) is 12.8 Å². The standard InChI is InChI=1S/C12H14O2/c13-11(7-3-1-4-8-11)12(14)9-5-2-6-10-12/h1-7,9,13-14H,8,10H2. The van der Waals surface area contributed by atoms with Gasteiger partial charge in [-0.1, -0.05) is 36.5 Å². The van der Waals surface area contributed by atoms with Gasteiger partial charge in [0.25, 0.3) is 0 Å². The molecule has 0 aromatic carbocycles. The first-order valence-corrected chi connectivity index (χ1v) is 4.80. The lowest BCUT2D eigenvalue weighted by molar-refractivity contribution is -0.0892. The first kappa shape index (κ1) is 9.44. The van der Waals surface area contributed by atoms with Gasteiger partial charge in [0.15, 0.2) is 0 Å². The van der Waals surface area contributed by atoms with E-state index in [4.69, 9.17) is 0 Å². The molecular weight excluding hydrogens is 176 g/mol. The van der Waals surface area contributed by atoms with Crippen LogP contribution < -0.4 is 0 Å². The van der Waals surface area contributed by atoms with E-state index in [0.29, 0.717) is 12.8 Å². The summed E-state index contributed by atoms with van der Waals surface area (Å²) in [4.78, 5) is 0. The Kier molecular flexibility index (Phi) is 2.17. The summed E-state index contributed by atoms with van der Waals surface area (Å²) in [6.07, 6.45) is 15.3. The van der Waals surface area contributed by atoms with E-state index in [1.807, 2.05) is 24.3 Å². The molecule has 2 aliphatic rings. The van der Waals surface area contributed by atoms with Gasteiger partial charge in [-0.25, -0.2) is 0 Å². The Morgan fingerprint density at radius 2 is 1.14 bits per heavy atom. The van der Waals surface area contributed by atoms with Crippen molar-refractivity contribution in [2.75, 3.05) is 0 Å². The van der Waals surface area contributed by atoms with Gasteiger partial charge in [-0.3, -0.25) is 0 Å². The second-order valence-electron chi connectivity index (χ2n) is 3.83. The highest BCUT2D eigenvalue weighted by Gasteiger charge is 2.44. The third-order valence-corrected chi connectivity index (χ3v) is 2.85. The fourth-order valence-electron chi connectivity index (χ4n) is 1.86. The lowest BCUT2D eigenvalue weighted by Gasteiger charge is -2.40. The molecule has 0 amide bonds. The molecule has 2 N–H and O–H groups in total. The number of aliphatic hydroxyl groups is 2. The maximum absolute atomic E-state index is 10.3. The van der Waals surface area contributed by atoms with E-state index in [1.165, 1.54) is 0 Å². The zero-order chi connectivity index (χ0) is 10.1. The van der Waals surface area contributed by atoms with Gasteiger partial charge in [-0.15, -0.1) is 0 Å². The minimum Gasteiger partial charge on any atom is -0.382 e. The van der Waals surface area contributed by atoms with Gasteiger partial charge in [0.05, 0.1) is 0 Å². The molecular formula is C12H14O2. The van der Waals surface area contributed by atoms with E-state index >= 15 is 0 Å². The highest BCUT2D eigenvalue weighted by atomic mass is 16.4. The van der Waals surface area contributed by atoms with Gasteiger partial charge in [0, 0.05) is 12.8 Å². The molecule has 2 heteroatoms. The van der Waals surface area contributed by atoms with Crippen LogP contribution in [-0.4, -0.2) is 21.4 Å². The average Bonchev–Trinajstić information content (AvgIpc) is 2.20. The summed E-state index contributed by atoms with van der Waals surface area (Å²) >= 11 is 0. The predicted molar refractivity (Wildman–Crippen MR) is 55.7 cm³/mol. The summed E-state index contributed by atoms with van der Waals surface area (Å²) < 4.78 is 0. The first-order chi connectivity index (χ1) is 6.66. The van der Waals surface area contributed by atoms with Crippen LogP contribution in [0.2, 0.25) is 0 Å². The number of allylic oxidation sites excluding steroid dienone is 4. The molecule has 74 valence electrons. The highest BCUT2D eigenvalue weighted by Crippen LogP contribution is 2.35. The van der Waals surface area contributed by atoms with Gasteiger partial charge >= 0.3 is 0 Å². The molecule has 0 saturated heterocycles. The molecule has 0 aromatic rings. The maximum atomic E-state index is 10.3. The molecule has 2 rings (SSSR count). The molecule has 0 heterocycles. The van der Waals surface area contributed by atoms with Crippen LogP contribution in [0.25, 0.3) is 0 Å². The molecule has 2 unspecified atom stereocenters. The van der Waals surface area contributed by atoms with Crippen molar-refractivity contribution in [3.8, 4) is 0 Å². The monoisotopic (exact) mass is 190 g/mol. The SMILES string of the molecule is OC1(C2(O)C=CC=CC2)C=CC=CC1. The molecule has 0 spiro atoms. The molecule has 2 atom stereocenters. The predicted octanol–water partition coefficient (Wildman–Crippen LogP) is 1.48. The van der Waals surface area contributed by atoms with Crippen molar-refractivity contribution >= 4 is 0 Å². The summed E-state index contributed by atoms with van der Waals surface area (Å²) in [6.45, 7) is 0. The molecule has 0 aliphatic heterocycles. The van der Waals surface area contributed by atoms with E-state index in [1.54, 1.807) is 24.3 Å². The Morgan fingerprint density at radius 3 is 1.43 bits per heavy atom. The van der Waals surface area contributed by atoms with Crippen LogP contribution >= 0.6 is 0 Å². The third-order valence-electron chi connectivity index (χ3n) is 2.85. The fraction of sp³-hybridized carbons (Fsp3) is 0.333. The normalized spacial score (nSPS) is 40.4. The highest BCUT2D eigenvalue weighted by molar-refractivity contribution is 5.31. The third kappa shape index (κ3) is 1.37. The average molecular weight is 190 g/mol. The van der Waals surface area contributed by atoms with E-state index in [9.17, 15) is 10.2 Å². The Hall–Kier alpha value is -1.12. The topological polar surface area (TPSA) is 40.5 Å². The van der Waals surface area contributed by atoms with E-state index in [-0.39, 0.29) is 0 Å². The summed E-state index contributed by atoms with van der Waals surface area (Å²) in [6, 6.07) is 0. The fourth-order valence-corrected chi connectivity index (χ4v) is 1.86. The van der Waals surface area contributed by atoms with E-state index in [0.717, 1.165) is 0 Å². The zero-order valence-electron chi connectivity index (χ0n) is 7.93. The van der Waals surface area contributed by atoms with Crippen molar-refractivity contribution in [1.29, 1.82) is 0 Å². The molecule has 2 nitrogen and oxygen atoms in total. The summed E-state index contributed by atoms with van der Waals surface area (Å²) in [7, 11) is 0. The van der Waals surface area contributed by atoms with Crippen LogP contribution in [0.4, 0.5) is 0 Å². The molecule has 0 aromatic heterocycles. The number of rotatable bonds is 1. The molecule has 14 heavy (non-hydrogen) atoms. The maximum Gasteiger partial charge on any atom is 0.119 e. The summed E-state index contributed by atoms with van der Waals surface area (Å²) in [5, 5.41) is 20.6. The Morgan fingerprint density at radius 1 is 0.714 bits per heavy atom. The minimum atomic E-state index is -1.16. The van der Waals surface area contributed by atoms with Crippen LogP contribution in [0.5, 0.6) is 0 Å². The van der Waals surface area contributed by atoms with Crippen molar-refractivity contribution in [3.63, 3.8) is 0 Å². The van der Waals surface area contributed by atoms with Crippen molar-refractivity contribution in [2.24, 2.45) is 0 Å². The van der Waals surface area contributed by atoms with Crippen LogP contribution in [0.3, 0.4) is 0 Å². The Balaban J connectivity index is 2.29. The van der Waals surface area contributed by atoms with E-state index in [2.05, 4.69) is 0 Å². The summed E-state index contributed by atoms with van der Waals surface area (Å²) in [5.74, 6) is 0. The van der Waals surface area contributed by atoms with Crippen molar-refractivity contribution in [2.45, 2.75) is 24.0 Å². The zero-order valence-corrected chi connectivity index (χ0v) is 7.93. The second-order valence-corrected chi connectivity index (χ2v) is 3.83. The van der Waals surface area contributed by atoms with Crippen molar-refractivity contribution in [1.82, 2.24) is 0 Å². The largest absolute Gasteiger partial charge is 0.382 e. The summed E-state index contributed by atoms with van der Waals surface area (Å²) in [5.41, 5.74) is -2.33. The van der Waals surface area contributed by atoms with Crippen molar-refractivity contribution in [3.05, 3.63) is 48.6 Å². The molecule has 0 saturated carbocycles. The lowest BCUT2D eigenvalue weighted by Crippen LogP contribution is -2.52. The molecule has 2 aliphatic carbocycles. The van der Waals surface area contributed by atoms with Gasteiger partial charge in [0.1, 0.15) is 11.2 Å². The van der Waals surface area contributed by atoms with Crippen LogP contribution in [0.15, 0.2) is 48.6 Å². The van der Waals surface area contributed by atoms with E-state index < -0.39 is 11.2 Å². The quantitative estimate of drug-likeness (QED) is 0.657. The van der Waals surface area contributed by atoms with Crippen molar-refractivity contribution < 1.29 is 10.2 Å². The second kappa shape index (κ2) is 3.23.